The zero-order valence-electron chi connectivity index (χ0n) is 12.1. The summed E-state index contributed by atoms with van der Waals surface area (Å²) >= 11 is 0. The lowest BCUT2D eigenvalue weighted by atomic mass is 10.1. The second-order valence-corrected chi connectivity index (χ2v) is 5.04. The first-order valence-corrected chi connectivity index (χ1v) is 7.65. The summed E-state index contributed by atoms with van der Waals surface area (Å²) in [5.41, 5.74) is 0. The van der Waals surface area contributed by atoms with E-state index in [-0.39, 0.29) is 0 Å². The van der Waals surface area contributed by atoms with Crippen LogP contribution in [0.25, 0.3) is 0 Å². The number of rotatable bonds is 11. The third kappa shape index (κ3) is 7.70. The number of hydrogen-bond donors (Lipinski definition) is 0. The molecule has 0 aliphatic carbocycles. The minimum Gasteiger partial charge on any atom is -0.616 e. The van der Waals surface area contributed by atoms with E-state index >= 15 is 0 Å². The summed E-state index contributed by atoms with van der Waals surface area (Å²) in [5.74, 6) is 0.405. The summed E-state index contributed by atoms with van der Waals surface area (Å²) in [7, 11) is 0. The minimum absolute atomic E-state index is 0.405. The lowest BCUT2D eigenvalue weighted by molar-refractivity contribution is -0.612. The molecule has 0 unspecified atom stereocenters. The Morgan fingerprint density at radius 3 is 2.21 bits per heavy atom. The topological polar surface area (TPSA) is 36.2 Å². The third-order valence-electron chi connectivity index (χ3n) is 3.29. The van der Waals surface area contributed by atoms with Gasteiger partial charge in [0.2, 0.25) is 0 Å². The second kappa shape index (κ2) is 10.7. The molecule has 0 atom stereocenters. The number of pyridine rings is 1. The maximum atomic E-state index is 11.3. The fraction of sp³-hybridized carbons (Fsp3) is 0.688. The molecule has 0 aliphatic rings. The summed E-state index contributed by atoms with van der Waals surface area (Å²) in [6, 6.07) is 5.24. The molecular weight excluding hydrogens is 238 g/mol. The monoisotopic (exact) mass is 265 g/mol. The van der Waals surface area contributed by atoms with Gasteiger partial charge >= 0.3 is 5.88 Å². The van der Waals surface area contributed by atoms with Crippen molar-refractivity contribution in [2.45, 2.75) is 64.7 Å². The SMILES string of the molecule is CCCCCCCCCCCOc1cccc[n+]1[O-]. The van der Waals surface area contributed by atoms with Crippen LogP contribution in [0.2, 0.25) is 0 Å². The Bertz CT molecular complexity index is 328. The number of ether oxygens (including phenoxy) is 1. The molecule has 0 saturated heterocycles. The lowest BCUT2D eigenvalue weighted by Gasteiger charge is -2.06. The fourth-order valence-electron chi connectivity index (χ4n) is 2.11. The molecule has 1 heterocycles. The van der Waals surface area contributed by atoms with Crippen molar-refractivity contribution < 1.29 is 9.47 Å². The molecule has 0 fully saturated rings. The molecule has 0 spiro atoms. The van der Waals surface area contributed by atoms with Crippen LogP contribution in [-0.4, -0.2) is 6.61 Å². The molecule has 1 aromatic rings. The fourth-order valence-corrected chi connectivity index (χ4v) is 2.11. The van der Waals surface area contributed by atoms with Crippen LogP contribution in [0.15, 0.2) is 24.4 Å². The second-order valence-electron chi connectivity index (χ2n) is 5.04. The van der Waals surface area contributed by atoms with E-state index < -0.39 is 0 Å². The van der Waals surface area contributed by atoms with E-state index in [0.29, 0.717) is 12.5 Å². The van der Waals surface area contributed by atoms with Crippen molar-refractivity contribution in [3.05, 3.63) is 29.6 Å². The van der Waals surface area contributed by atoms with E-state index in [0.717, 1.165) is 11.2 Å². The average molecular weight is 265 g/mol. The van der Waals surface area contributed by atoms with Crippen molar-refractivity contribution in [1.82, 2.24) is 0 Å². The molecule has 0 bridgehead atoms. The van der Waals surface area contributed by atoms with Gasteiger partial charge in [-0.3, -0.25) is 0 Å². The Labute approximate surface area is 117 Å². The van der Waals surface area contributed by atoms with Crippen molar-refractivity contribution in [3.8, 4) is 5.88 Å². The Morgan fingerprint density at radius 2 is 1.58 bits per heavy atom. The van der Waals surface area contributed by atoms with E-state index in [4.69, 9.17) is 4.74 Å². The molecule has 108 valence electrons. The molecule has 19 heavy (non-hydrogen) atoms. The predicted molar refractivity (Wildman–Crippen MR) is 78.1 cm³/mol. The first-order chi connectivity index (χ1) is 9.34. The Morgan fingerprint density at radius 1 is 0.947 bits per heavy atom. The molecule has 1 rings (SSSR count). The van der Waals surface area contributed by atoms with Crippen LogP contribution in [0.3, 0.4) is 0 Å². The molecule has 0 aromatic carbocycles. The van der Waals surface area contributed by atoms with E-state index in [9.17, 15) is 5.21 Å². The number of hydrogen-bond acceptors (Lipinski definition) is 2. The summed E-state index contributed by atoms with van der Waals surface area (Å²) in [4.78, 5) is 0. The molecule has 1 aromatic heterocycles. The van der Waals surface area contributed by atoms with Gasteiger partial charge in [0.25, 0.3) is 0 Å². The Balaban J connectivity index is 1.90. The van der Waals surface area contributed by atoms with E-state index in [1.165, 1.54) is 57.6 Å². The van der Waals surface area contributed by atoms with Crippen LogP contribution in [-0.2, 0) is 0 Å². The van der Waals surface area contributed by atoms with E-state index in [1.54, 1.807) is 12.1 Å². The molecule has 0 amide bonds. The van der Waals surface area contributed by atoms with Gasteiger partial charge in [-0.15, -0.1) is 4.73 Å². The quantitative estimate of drug-likeness (QED) is 0.341. The van der Waals surface area contributed by atoms with Gasteiger partial charge in [0.05, 0.1) is 12.7 Å². The van der Waals surface area contributed by atoms with Crippen LogP contribution in [0.4, 0.5) is 0 Å². The highest BCUT2D eigenvalue weighted by Crippen LogP contribution is 2.10. The standard InChI is InChI=1S/C16H27NO2/c1-2-3-4-5-6-7-8-9-12-15-19-16-13-10-11-14-17(16)18/h10-11,13-14H,2-9,12,15H2,1H3. The van der Waals surface area contributed by atoms with Crippen molar-refractivity contribution in [1.29, 1.82) is 0 Å². The Hall–Kier alpha value is -1.25. The number of nitrogens with zero attached hydrogens (tertiary/aromatic N) is 1. The van der Waals surface area contributed by atoms with Gasteiger partial charge in [-0.2, -0.15) is 0 Å². The van der Waals surface area contributed by atoms with Crippen LogP contribution in [0.5, 0.6) is 5.88 Å². The molecule has 0 radical (unpaired) electrons. The van der Waals surface area contributed by atoms with Gasteiger partial charge in [0, 0.05) is 6.07 Å². The van der Waals surface area contributed by atoms with Crippen LogP contribution < -0.4 is 9.47 Å². The first kappa shape index (κ1) is 15.8. The highest BCUT2D eigenvalue weighted by atomic mass is 16.5. The largest absolute Gasteiger partial charge is 0.616 e. The van der Waals surface area contributed by atoms with Crippen molar-refractivity contribution in [2.75, 3.05) is 6.61 Å². The smallest absolute Gasteiger partial charge is 0.379 e. The average Bonchev–Trinajstić information content (AvgIpc) is 2.43. The Kier molecular flexibility index (Phi) is 8.86. The third-order valence-corrected chi connectivity index (χ3v) is 3.29. The van der Waals surface area contributed by atoms with Crippen LogP contribution in [0.1, 0.15) is 64.7 Å². The van der Waals surface area contributed by atoms with E-state index in [2.05, 4.69) is 6.92 Å². The van der Waals surface area contributed by atoms with Gasteiger partial charge in [0.15, 0.2) is 6.20 Å². The minimum atomic E-state index is 0.405. The van der Waals surface area contributed by atoms with Gasteiger partial charge in [0.1, 0.15) is 0 Å². The lowest BCUT2D eigenvalue weighted by Crippen LogP contribution is -2.28. The van der Waals surface area contributed by atoms with Gasteiger partial charge < -0.3 is 9.94 Å². The normalized spacial score (nSPS) is 10.6. The highest BCUT2D eigenvalue weighted by Gasteiger charge is 2.02. The summed E-state index contributed by atoms with van der Waals surface area (Å²) in [6.45, 7) is 2.89. The van der Waals surface area contributed by atoms with E-state index in [1.807, 2.05) is 6.07 Å². The summed E-state index contributed by atoms with van der Waals surface area (Å²) in [6.07, 6.45) is 13.1. The maximum absolute atomic E-state index is 11.3. The molecule has 0 aliphatic heterocycles. The molecule has 0 N–H and O–H groups in total. The zero-order chi connectivity index (χ0) is 13.8. The van der Waals surface area contributed by atoms with Crippen molar-refractivity contribution in [2.24, 2.45) is 0 Å². The van der Waals surface area contributed by atoms with Crippen molar-refractivity contribution in [3.63, 3.8) is 0 Å². The highest BCUT2D eigenvalue weighted by molar-refractivity contribution is 5.02. The maximum Gasteiger partial charge on any atom is 0.379 e. The molecule has 0 saturated carbocycles. The predicted octanol–water partition coefficient (Wildman–Crippen LogP) is 4.23. The van der Waals surface area contributed by atoms with Gasteiger partial charge in [-0.1, -0.05) is 58.3 Å². The van der Waals surface area contributed by atoms with Crippen LogP contribution in [0, 0.1) is 5.21 Å². The number of unbranched alkanes of at least 4 members (excludes halogenated alkanes) is 8. The summed E-state index contributed by atoms with van der Waals surface area (Å²) < 4.78 is 6.22. The zero-order valence-corrected chi connectivity index (χ0v) is 12.1. The van der Waals surface area contributed by atoms with Crippen molar-refractivity contribution >= 4 is 0 Å². The number of aromatic nitrogens is 1. The molecule has 3 heteroatoms. The van der Waals surface area contributed by atoms with Gasteiger partial charge in [-0.25, -0.2) is 0 Å². The first-order valence-electron chi connectivity index (χ1n) is 7.65. The molecular formula is C16H27NO2. The summed E-state index contributed by atoms with van der Waals surface area (Å²) in [5, 5.41) is 11.3. The van der Waals surface area contributed by atoms with Crippen LogP contribution >= 0.6 is 0 Å². The van der Waals surface area contributed by atoms with Gasteiger partial charge in [-0.05, 0) is 12.5 Å². The molecule has 3 nitrogen and oxygen atoms in total.